The van der Waals surface area contributed by atoms with E-state index in [4.69, 9.17) is 0 Å². The molecule has 0 aliphatic carbocycles. The van der Waals surface area contributed by atoms with E-state index in [0.717, 1.165) is 24.3 Å². The van der Waals surface area contributed by atoms with Crippen LogP contribution in [0.25, 0.3) is 0 Å². The van der Waals surface area contributed by atoms with Gasteiger partial charge < -0.3 is 0 Å². The van der Waals surface area contributed by atoms with E-state index in [9.17, 15) is 0 Å². The summed E-state index contributed by atoms with van der Waals surface area (Å²) in [5.41, 5.74) is 1.05. The Bertz CT molecular complexity index is 197. The molecule has 0 amide bonds. The lowest BCUT2D eigenvalue weighted by Gasteiger charge is -1.88. The van der Waals surface area contributed by atoms with Crippen molar-refractivity contribution >= 4 is 12.6 Å². The molecule has 1 aromatic rings. The maximum atomic E-state index is 4.10. The van der Waals surface area contributed by atoms with Gasteiger partial charge in [0.05, 0.1) is 5.69 Å². The first kappa shape index (κ1) is 7.60. The summed E-state index contributed by atoms with van der Waals surface area (Å²) in [7, 11) is 1.87. The Hall–Kier alpha value is -0.510. The van der Waals surface area contributed by atoms with Crippen LogP contribution in [0.5, 0.6) is 0 Å². The SMILES string of the molecule is Cn1cc(CCCS)nn1. The molecule has 1 rings (SSSR count). The molecule has 0 fully saturated rings. The van der Waals surface area contributed by atoms with Gasteiger partial charge in [0.1, 0.15) is 0 Å². The van der Waals surface area contributed by atoms with E-state index in [1.54, 1.807) is 4.68 Å². The first-order chi connectivity index (χ1) is 4.83. The molecule has 0 atom stereocenters. The highest BCUT2D eigenvalue weighted by Gasteiger charge is 1.95. The lowest BCUT2D eigenvalue weighted by atomic mass is 10.3. The molecule has 0 unspecified atom stereocenters. The van der Waals surface area contributed by atoms with Crippen LogP contribution in [0.3, 0.4) is 0 Å². The molecule has 0 aliphatic heterocycles. The van der Waals surface area contributed by atoms with Gasteiger partial charge >= 0.3 is 0 Å². The summed E-state index contributed by atoms with van der Waals surface area (Å²) in [4.78, 5) is 0. The van der Waals surface area contributed by atoms with Crippen molar-refractivity contribution in [3.63, 3.8) is 0 Å². The number of aryl methyl sites for hydroxylation is 2. The van der Waals surface area contributed by atoms with Gasteiger partial charge in [0, 0.05) is 13.2 Å². The van der Waals surface area contributed by atoms with Gasteiger partial charge in [-0.15, -0.1) is 5.10 Å². The van der Waals surface area contributed by atoms with E-state index in [0.29, 0.717) is 0 Å². The topological polar surface area (TPSA) is 30.7 Å². The maximum absolute atomic E-state index is 4.10. The molecule has 0 radical (unpaired) electrons. The van der Waals surface area contributed by atoms with Crippen LogP contribution in [0.4, 0.5) is 0 Å². The third-order valence-corrected chi connectivity index (χ3v) is 1.56. The lowest BCUT2D eigenvalue weighted by molar-refractivity contribution is 0.712. The third kappa shape index (κ3) is 2.02. The Morgan fingerprint density at radius 3 is 3.00 bits per heavy atom. The molecule has 1 aromatic heterocycles. The molecule has 0 bridgehead atoms. The van der Waals surface area contributed by atoms with Crippen molar-refractivity contribution in [2.24, 2.45) is 7.05 Å². The molecule has 0 N–H and O–H groups in total. The van der Waals surface area contributed by atoms with Crippen LogP contribution in [0.2, 0.25) is 0 Å². The van der Waals surface area contributed by atoms with Gasteiger partial charge in [-0.3, -0.25) is 4.68 Å². The molecule has 0 saturated carbocycles. The zero-order valence-corrected chi connectivity index (χ0v) is 6.88. The Labute approximate surface area is 65.8 Å². The van der Waals surface area contributed by atoms with Crippen LogP contribution >= 0.6 is 12.6 Å². The summed E-state index contributed by atoms with van der Waals surface area (Å²) in [5, 5.41) is 7.74. The second-order valence-electron chi connectivity index (χ2n) is 2.21. The Morgan fingerprint density at radius 1 is 1.70 bits per heavy atom. The minimum absolute atomic E-state index is 0.913. The highest BCUT2D eigenvalue weighted by molar-refractivity contribution is 7.80. The molecule has 0 aromatic carbocycles. The van der Waals surface area contributed by atoms with Crippen LogP contribution in [0.1, 0.15) is 12.1 Å². The second-order valence-corrected chi connectivity index (χ2v) is 2.66. The number of hydrogen-bond acceptors (Lipinski definition) is 3. The molecule has 10 heavy (non-hydrogen) atoms. The lowest BCUT2D eigenvalue weighted by Crippen LogP contribution is -1.85. The van der Waals surface area contributed by atoms with Gasteiger partial charge in [0.15, 0.2) is 0 Å². The number of thiol groups is 1. The van der Waals surface area contributed by atoms with Gasteiger partial charge in [-0.25, -0.2) is 0 Å². The summed E-state index contributed by atoms with van der Waals surface area (Å²) in [6.45, 7) is 0. The fraction of sp³-hybridized carbons (Fsp3) is 0.667. The highest BCUT2D eigenvalue weighted by Crippen LogP contribution is 1.97. The summed E-state index contributed by atoms with van der Waals surface area (Å²) in [6.07, 6.45) is 3.99. The largest absolute Gasteiger partial charge is 0.255 e. The first-order valence-electron chi connectivity index (χ1n) is 3.29. The van der Waals surface area contributed by atoms with Crippen molar-refractivity contribution < 1.29 is 0 Å². The quantitative estimate of drug-likeness (QED) is 0.654. The van der Waals surface area contributed by atoms with Crippen molar-refractivity contribution in [2.75, 3.05) is 5.75 Å². The zero-order chi connectivity index (χ0) is 7.40. The molecule has 1 heterocycles. The van der Waals surface area contributed by atoms with E-state index in [2.05, 4.69) is 22.9 Å². The average Bonchev–Trinajstić information content (AvgIpc) is 2.31. The summed E-state index contributed by atoms with van der Waals surface area (Å²) in [5.74, 6) is 0.913. The van der Waals surface area contributed by atoms with E-state index in [-0.39, 0.29) is 0 Å². The first-order valence-corrected chi connectivity index (χ1v) is 3.92. The van der Waals surface area contributed by atoms with Crippen LogP contribution in [-0.4, -0.2) is 20.7 Å². The average molecular weight is 157 g/mol. The normalized spacial score (nSPS) is 10.2. The van der Waals surface area contributed by atoms with Gasteiger partial charge in [0.2, 0.25) is 0 Å². The minimum atomic E-state index is 0.913. The minimum Gasteiger partial charge on any atom is -0.255 e. The van der Waals surface area contributed by atoms with Crippen LogP contribution < -0.4 is 0 Å². The Balaban J connectivity index is 2.42. The maximum Gasteiger partial charge on any atom is 0.0827 e. The van der Waals surface area contributed by atoms with Crippen LogP contribution in [0, 0.1) is 0 Å². The second kappa shape index (κ2) is 3.61. The summed E-state index contributed by atoms with van der Waals surface area (Å²) in [6, 6.07) is 0. The van der Waals surface area contributed by atoms with Crippen molar-refractivity contribution in [3.05, 3.63) is 11.9 Å². The molecule has 3 nitrogen and oxygen atoms in total. The van der Waals surface area contributed by atoms with Gasteiger partial charge in [0.25, 0.3) is 0 Å². The molecular formula is C6H11N3S. The fourth-order valence-corrected chi connectivity index (χ4v) is 0.928. The Morgan fingerprint density at radius 2 is 2.50 bits per heavy atom. The van der Waals surface area contributed by atoms with Crippen LogP contribution in [0.15, 0.2) is 6.20 Å². The zero-order valence-electron chi connectivity index (χ0n) is 5.99. The van der Waals surface area contributed by atoms with Gasteiger partial charge in [-0.2, -0.15) is 12.6 Å². The van der Waals surface area contributed by atoms with Crippen molar-refractivity contribution in [2.45, 2.75) is 12.8 Å². The van der Waals surface area contributed by atoms with E-state index in [1.807, 2.05) is 13.2 Å². The number of aromatic nitrogens is 3. The molecular weight excluding hydrogens is 146 g/mol. The van der Waals surface area contributed by atoms with Crippen molar-refractivity contribution in [1.82, 2.24) is 15.0 Å². The summed E-state index contributed by atoms with van der Waals surface area (Å²) >= 11 is 4.10. The van der Waals surface area contributed by atoms with E-state index >= 15 is 0 Å². The number of rotatable bonds is 3. The predicted molar refractivity (Wildman–Crippen MR) is 43.2 cm³/mol. The highest BCUT2D eigenvalue weighted by atomic mass is 32.1. The van der Waals surface area contributed by atoms with Crippen molar-refractivity contribution in [3.8, 4) is 0 Å². The predicted octanol–water partition coefficient (Wildman–Crippen LogP) is 0.677. The standard InChI is InChI=1S/C6H11N3S/c1-9-5-6(7-8-9)3-2-4-10/h5,10H,2-4H2,1H3. The molecule has 56 valence electrons. The molecule has 0 aliphatic rings. The number of nitrogens with zero attached hydrogens (tertiary/aromatic N) is 3. The van der Waals surface area contributed by atoms with Gasteiger partial charge in [-0.1, -0.05) is 5.21 Å². The molecule has 0 spiro atoms. The number of hydrogen-bond donors (Lipinski definition) is 1. The fourth-order valence-electron chi connectivity index (χ4n) is 0.770. The molecule has 4 heteroatoms. The van der Waals surface area contributed by atoms with E-state index < -0.39 is 0 Å². The van der Waals surface area contributed by atoms with E-state index in [1.165, 1.54) is 0 Å². The van der Waals surface area contributed by atoms with Crippen molar-refractivity contribution in [1.29, 1.82) is 0 Å². The monoisotopic (exact) mass is 157 g/mol. The molecule has 0 saturated heterocycles. The van der Waals surface area contributed by atoms with Gasteiger partial charge in [-0.05, 0) is 18.6 Å². The van der Waals surface area contributed by atoms with Crippen LogP contribution in [-0.2, 0) is 13.5 Å². The summed E-state index contributed by atoms with van der Waals surface area (Å²) < 4.78 is 1.72. The Kier molecular flexibility index (Phi) is 2.74. The third-order valence-electron chi connectivity index (χ3n) is 1.24. The smallest absolute Gasteiger partial charge is 0.0827 e.